The van der Waals surface area contributed by atoms with E-state index in [2.05, 4.69) is 53.2 Å². The van der Waals surface area contributed by atoms with Gasteiger partial charge in [0, 0.05) is 16.3 Å². The van der Waals surface area contributed by atoms with Crippen LogP contribution < -0.4 is 5.73 Å². The Morgan fingerprint density at radius 3 is 2.74 bits per heavy atom. The second-order valence-corrected chi connectivity index (χ2v) is 6.10. The van der Waals surface area contributed by atoms with Gasteiger partial charge in [-0.15, -0.1) is 11.3 Å². The second kappa shape index (κ2) is 5.05. The van der Waals surface area contributed by atoms with Crippen LogP contribution in [-0.4, -0.2) is 17.4 Å². The van der Waals surface area contributed by atoms with E-state index in [1.165, 1.54) is 15.3 Å². The predicted octanol–water partition coefficient (Wildman–Crippen LogP) is 2.93. The summed E-state index contributed by atoms with van der Waals surface area (Å²) in [5, 5.41) is 0. The van der Waals surface area contributed by atoms with Gasteiger partial charge in [0.15, 0.2) is 5.96 Å². The molecule has 0 fully saturated rings. The lowest BCUT2D eigenvalue weighted by Gasteiger charge is -2.25. The van der Waals surface area contributed by atoms with Gasteiger partial charge in [-0.1, -0.05) is 30.3 Å². The summed E-state index contributed by atoms with van der Waals surface area (Å²) in [5.41, 5.74) is 7.31. The first-order valence-corrected chi connectivity index (χ1v) is 7.22. The highest BCUT2D eigenvalue weighted by Gasteiger charge is 2.28. The third-order valence-corrected chi connectivity index (χ3v) is 4.48. The largest absolute Gasteiger partial charge is 0.370 e. The standard InChI is InChI=1S/C15H17N3S/c1-11-7-8-14(19-11)13-9-17-15(16)18(13)10-12-5-3-2-4-6-12/h2-8,13H,9-10H2,1H3,(H2,16,17). The molecule has 19 heavy (non-hydrogen) atoms. The van der Waals surface area contributed by atoms with Gasteiger partial charge in [0.1, 0.15) is 0 Å². The molecule has 0 spiro atoms. The third kappa shape index (κ3) is 2.49. The minimum Gasteiger partial charge on any atom is -0.370 e. The SMILES string of the molecule is Cc1ccc(C2CN=C(N)N2Cc2ccccc2)s1. The van der Waals surface area contributed by atoms with Gasteiger partial charge in [-0.2, -0.15) is 0 Å². The van der Waals surface area contributed by atoms with E-state index in [-0.39, 0.29) is 0 Å². The van der Waals surface area contributed by atoms with Gasteiger partial charge in [0.05, 0.1) is 12.6 Å². The zero-order chi connectivity index (χ0) is 13.2. The van der Waals surface area contributed by atoms with Crippen molar-refractivity contribution in [3.8, 4) is 0 Å². The Bertz CT molecular complexity index is 588. The van der Waals surface area contributed by atoms with E-state index in [4.69, 9.17) is 5.73 Å². The predicted molar refractivity (Wildman–Crippen MR) is 80.3 cm³/mol. The fourth-order valence-corrected chi connectivity index (χ4v) is 3.36. The molecule has 1 aliphatic rings. The monoisotopic (exact) mass is 271 g/mol. The maximum absolute atomic E-state index is 6.04. The Morgan fingerprint density at radius 1 is 1.26 bits per heavy atom. The Kier molecular flexibility index (Phi) is 3.25. The zero-order valence-corrected chi connectivity index (χ0v) is 11.7. The molecule has 0 amide bonds. The van der Waals surface area contributed by atoms with Crippen LogP contribution >= 0.6 is 11.3 Å². The lowest BCUT2D eigenvalue weighted by atomic mass is 10.1. The molecule has 98 valence electrons. The van der Waals surface area contributed by atoms with Crippen LogP contribution in [0.5, 0.6) is 0 Å². The maximum Gasteiger partial charge on any atom is 0.192 e. The molecule has 0 radical (unpaired) electrons. The van der Waals surface area contributed by atoms with E-state index < -0.39 is 0 Å². The Hall–Kier alpha value is -1.81. The van der Waals surface area contributed by atoms with Crippen LogP contribution in [0, 0.1) is 6.92 Å². The van der Waals surface area contributed by atoms with Crippen LogP contribution in [0.15, 0.2) is 47.5 Å². The van der Waals surface area contributed by atoms with E-state index in [0.29, 0.717) is 12.0 Å². The number of hydrogen-bond donors (Lipinski definition) is 1. The van der Waals surface area contributed by atoms with Crippen LogP contribution in [0.3, 0.4) is 0 Å². The first-order chi connectivity index (χ1) is 9.24. The van der Waals surface area contributed by atoms with E-state index in [1.54, 1.807) is 0 Å². The normalized spacial score (nSPS) is 18.7. The quantitative estimate of drug-likeness (QED) is 0.932. The molecule has 0 aliphatic carbocycles. The average Bonchev–Trinajstić information content (AvgIpc) is 2.99. The highest BCUT2D eigenvalue weighted by molar-refractivity contribution is 7.12. The van der Waals surface area contributed by atoms with Crippen LogP contribution in [0.25, 0.3) is 0 Å². The van der Waals surface area contributed by atoms with Gasteiger partial charge in [0.25, 0.3) is 0 Å². The molecular formula is C15H17N3S. The molecule has 1 aliphatic heterocycles. The fourth-order valence-electron chi connectivity index (χ4n) is 2.38. The van der Waals surface area contributed by atoms with Crippen molar-refractivity contribution < 1.29 is 0 Å². The average molecular weight is 271 g/mol. The van der Waals surface area contributed by atoms with Crippen molar-refractivity contribution in [2.24, 2.45) is 10.7 Å². The van der Waals surface area contributed by atoms with Gasteiger partial charge in [-0.3, -0.25) is 4.99 Å². The van der Waals surface area contributed by atoms with E-state index in [9.17, 15) is 0 Å². The summed E-state index contributed by atoms with van der Waals surface area (Å²) >= 11 is 1.83. The fraction of sp³-hybridized carbons (Fsp3) is 0.267. The summed E-state index contributed by atoms with van der Waals surface area (Å²) < 4.78 is 0. The summed E-state index contributed by atoms with van der Waals surface area (Å²) in [6.45, 7) is 3.71. The molecule has 1 aromatic heterocycles. The Morgan fingerprint density at radius 2 is 2.05 bits per heavy atom. The van der Waals surface area contributed by atoms with Crippen molar-refractivity contribution in [1.29, 1.82) is 0 Å². The highest BCUT2D eigenvalue weighted by atomic mass is 32.1. The molecule has 1 unspecified atom stereocenters. The van der Waals surface area contributed by atoms with Crippen molar-refractivity contribution in [2.75, 3.05) is 6.54 Å². The number of aliphatic imine (C=N–C) groups is 1. The second-order valence-electron chi connectivity index (χ2n) is 4.78. The van der Waals surface area contributed by atoms with Crippen LogP contribution in [0.1, 0.15) is 21.4 Å². The lowest BCUT2D eigenvalue weighted by Crippen LogP contribution is -2.35. The van der Waals surface area contributed by atoms with E-state index >= 15 is 0 Å². The zero-order valence-electron chi connectivity index (χ0n) is 10.9. The molecule has 3 nitrogen and oxygen atoms in total. The van der Waals surface area contributed by atoms with Gasteiger partial charge in [-0.25, -0.2) is 0 Å². The van der Waals surface area contributed by atoms with Gasteiger partial charge < -0.3 is 10.6 Å². The number of thiophene rings is 1. The molecule has 3 rings (SSSR count). The van der Waals surface area contributed by atoms with E-state index in [1.807, 2.05) is 17.4 Å². The topological polar surface area (TPSA) is 41.6 Å². The molecule has 2 heterocycles. The number of nitrogens with zero attached hydrogens (tertiary/aromatic N) is 2. The molecule has 1 aromatic carbocycles. The van der Waals surface area contributed by atoms with Crippen molar-refractivity contribution in [3.63, 3.8) is 0 Å². The molecular weight excluding hydrogens is 254 g/mol. The van der Waals surface area contributed by atoms with Gasteiger partial charge in [0.2, 0.25) is 0 Å². The van der Waals surface area contributed by atoms with Crippen molar-refractivity contribution >= 4 is 17.3 Å². The minimum atomic E-state index is 0.291. The summed E-state index contributed by atoms with van der Waals surface area (Å²) in [6.07, 6.45) is 0. The van der Waals surface area contributed by atoms with Crippen molar-refractivity contribution in [3.05, 3.63) is 57.8 Å². The Labute approximate surface area is 117 Å². The molecule has 0 bridgehead atoms. The first-order valence-electron chi connectivity index (χ1n) is 6.41. The number of nitrogens with two attached hydrogens (primary N) is 1. The van der Waals surface area contributed by atoms with Crippen LogP contribution in [0.2, 0.25) is 0 Å². The molecule has 0 saturated carbocycles. The molecule has 0 saturated heterocycles. The first kappa shape index (κ1) is 12.2. The smallest absolute Gasteiger partial charge is 0.192 e. The van der Waals surface area contributed by atoms with Crippen LogP contribution in [-0.2, 0) is 6.54 Å². The van der Waals surface area contributed by atoms with Gasteiger partial charge in [-0.05, 0) is 24.6 Å². The number of benzene rings is 1. The molecule has 2 N–H and O–H groups in total. The number of hydrogen-bond acceptors (Lipinski definition) is 4. The maximum atomic E-state index is 6.04. The van der Waals surface area contributed by atoms with Crippen LogP contribution in [0.4, 0.5) is 0 Å². The van der Waals surface area contributed by atoms with Gasteiger partial charge >= 0.3 is 0 Å². The summed E-state index contributed by atoms with van der Waals surface area (Å²) in [7, 11) is 0. The molecule has 1 atom stereocenters. The number of rotatable bonds is 3. The van der Waals surface area contributed by atoms with Crippen molar-refractivity contribution in [2.45, 2.75) is 19.5 Å². The van der Waals surface area contributed by atoms with E-state index in [0.717, 1.165) is 13.1 Å². The molecule has 2 aromatic rings. The summed E-state index contributed by atoms with van der Waals surface area (Å²) in [4.78, 5) is 9.28. The minimum absolute atomic E-state index is 0.291. The molecule has 4 heteroatoms. The summed E-state index contributed by atoms with van der Waals surface area (Å²) in [5.74, 6) is 0.653. The highest BCUT2D eigenvalue weighted by Crippen LogP contribution is 2.31. The van der Waals surface area contributed by atoms with Crippen molar-refractivity contribution in [1.82, 2.24) is 4.90 Å². The lowest BCUT2D eigenvalue weighted by molar-refractivity contribution is 0.345. The Balaban J connectivity index is 1.83. The summed E-state index contributed by atoms with van der Waals surface area (Å²) in [6, 6.07) is 15.0. The third-order valence-electron chi connectivity index (χ3n) is 3.38. The number of aryl methyl sites for hydroxylation is 1. The number of guanidine groups is 1.